The van der Waals surface area contributed by atoms with Gasteiger partial charge in [-0.2, -0.15) is 0 Å². The molecule has 0 aliphatic rings. The van der Waals surface area contributed by atoms with E-state index in [1.807, 2.05) is 14.0 Å². The SMILES string of the molecule is CNC(C)(CC(C)C)C(C)O. The second-order valence-electron chi connectivity index (χ2n) is 3.94. The molecule has 68 valence electrons. The number of likely N-dealkylation sites (N-methyl/N-ethyl adjacent to an activating group) is 1. The Morgan fingerprint density at radius 2 is 1.82 bits per heavy atom. The third kappa shape index (κ3) is 3.21. The van der Waals surface area contributed by atoms with Crippen LogP contribution in [0.5, 0.6) is 0 Å². The van der Waals surface area contributed by atoms with Gasteiger partial charge in [0, 0.05) is 5.54 Å². The van der Waals surface area contributed by atoms with Crippen LogP contribution in [0.3, 0.4) is 0 Å². The first-order valence-electron chi connectivity index (χ1n) is 4.29. The number of aliphatic hydroxyl groups is 1. The lowest BCUT2D eigenvalue weighted by Gasteiger charge is -2.33. The second kappa shape index (κ2) is 4.07. The molecule has 2 nitrogen and oxygen atoms in total. The molecule has 0 bridgehead atoms. The van der Waals surface area contributed by atoms with E-state index in [0.717, 1.165) is 6.42 Å². The van der Waals surface area contributed by atoms with E-state index in [0.29, 0.717) is 5.92 Å². The van der Waals surface area contributed by atoms with Crippen molar-refractivity contribution >= 4 is 0 Å². The summed E-state index contributed by atoms with van der Waals surface area (Å²) in [5, 5.41) is 12.6. The summed E-state index contributed by atoms with van der Waals surface area (Å²) in [6.07, 6.45) is 0.705. The number of nitrogens with one attached hydrogen (secondary N) is 1. The van der Waals surface area contributed by atoms with Crippen LogP contribution in [0.1, 0.15) is 34.1 Å². The third-order valence-corrected chi connectivity index (χ3v) is 2.33. The maximum atomic E-state index is 9.46. The fourth-order valence-corrected chi connectivity index (χ4v) is 1.33. The molecule has 0 aromatic carbocycles. The van der Waals surface area contributed by atoms with Crippen LogP contribution in [0.2, 0.25) is 0 Å². The van der Waals surface area contributed by atoms with Gasteiger partial charge in [0.1, 0.15) is 0 Å². The molecule has 2 atom stereocenters. The molecule has 2 unspecified atom stereocenters. The smallest absolute Gasteiger partial charge is 0.0690 e. The molecular formula is C9H21NO. The van der Waals surface area contributed by atoms with E-state index in [1.165, 1.54) is 0 Å². The average Bonchev–Trinajstić information content (AvgIpc) is 1.86. The van der Waals surface area contributed by atoms with E-state index < -0.39 is 0 Å². The third-order valence-electron chi connectivity index (χ3n) is 2.33. The van der Waals surface area contributed by atoms with Crippen molar-refractivity contribution in [3.05, 3.63) is 0 Å². The predicted molar refractivity (Wildman–Crippen MR) is 48.6 cm³/mol. The van der Waals surface area contributed by atoms with Gasteiger partial charge in [0.05, 0.1) is 6.10 Å². The quantitative estimate of drug-likeness (QED) is 0.649. The van der Waals surface area contributed by atoms with Crippen molar-refractivity contribution in [3.63, 3.8) is 0 Å². The maximum absolute atomic E-state index is 9.46. The summed E-state index contributed by atoms with van der Waals surface area (Å²) < 4.78 is 0. The Balaban J connectivity index is 4.10. The molecule has 0 radical (unpaired) electrons. The van der Waals surface area contributed by atoms with Crippen molar-refractivity contribution in [3.8, 4) is 0 Å². The molecule has 0 spiro atoms. The van der Waals surface area contributed by atoms with Crippen molar-refractivity contribution < 1.29 is 5.11 Å². The van der Waals surface area contributed by atoms with Crippen molar-refractivity contribution in [2.24, 2.45) is 5.92 Å². The Hall–Kier alpha value is -0.0800. The van der Waals surface area contributed by atoms with E-state index in [2.05, 4.69) is 26.1 Å². The summed E-state index contributed by atoms with van der Waals surface area (Å²) in [6.45, 7) is 8.21. The summed E-state index contributed by atoms with van der Waals surface area (Å²) in [5.74, 6) is 0.613. The summed E-state index contributed by atoms with van der Waals surface area (Å²) in [7, 11) is 1.90. The van der Waals surface area contributed by atoms with Crippen LogP contribution in [0.15, 0.2) is 0 Å². The molecular weight excluding hydrogens is 138 g/mol. The largest absolute Gasteiger partial charge is 0.392 e. The van der Waals surface area contributed by atoms with Crippen LogP contribution in [0.25, 0.3) is 0 Å². The number of rotatable bonds is 4. The Morgan fingerprint density at radius 3 is 1.91 bits per heavy atom. The molecule has 2 N–H and O–H groups in total. The van der Waals surface area contributed by atoms with Gasteiger partial charge < -0.3 is 10.4 Å². The lowest BCUT2D eigenvalue weighted by atomic mass is 9.86. The van der Waals surface area contributed by atoms with E-state index in [1.54, 1.807) is 0 Å². The highest BCUT2D eigenvalue weighted by atomic mass is 16.3. The van der Waals surface area contributed by atoms with Crippen molar-refractivity contribution in [2.45, 2.75) is 45.8 Å². The van der Waals surface area contributed by atoms with Gasteiger partial charge in [-0.3, -0.25) is 0 Å². The van der Waals surface area contributed by atoms with Gasteiger partial charge in [0.2, 0.25) is 0 Å². The first kappa shape index (κ1) is 10.9. The highest BCUT2D eigenvalue weighted by Crippen LogP contribution is 2.19. The summed E-state index contributed by atoms with van der Waals surface area (Å²) >= 11 is 0. The monoisotopic (exact) mass is 159 g/mol. The first-order valence-corrected chi connectivity index (χ1v) is 4.29. The standard InChI is InChI=1S/C9H21NO/c1-7(2)6-9(4,10-5)8(3)11/h7-8,10-11H,6H2,1-5H3. The summed E-state index contributed by atoms with van der Waals surface area (Å²) in [4.78, 5) is 0. The number of hydrogen-bond donors (Lipinski definition) is 2. The van der Waals surface area contributed by atoms with Crippen LogP contribution < -0.4 is 5.32 Å². The highest BCUT2D eigenvalue weighted by Gasteiger charge is 2.28. The Labute approximate surface area is 70.0 Å². The van der Waals surface area contributed by atoms with Crippen LogP contribution in [-0.2, 0) is 0 Å². The predicted octanol–water partition coefficient (Wildman–Crippen LogP) is 1.39. The number of hydrogen-bond acceptors (Lipinski definition) is 2. The van der Waals surface area contributed by atoms with Crippen molar-refractivity contribution in [1.29, 1.82) is 0 Å². The lowest BCUT2D eigenvalue weighted by molar-refractivity contribution is 0.0760. The molecule has 11 heavy (non-hydrogen) atoms. The zero-order chi connectivity index (χ0) is 9.07. The van der Waals surface area contributed by atoms with E-state index >= 15 is 0 Å². The van der Waals surface area contributed by atoms with Gasteiger partial charge in [-0.1, -0.05) is 13.8 Å². The van der Waals surface area contributed by atoms with E-state index in [-0.39, 0.29) is 11.6 Å². The maximum Gasteiger partial charge on any atom is 0.0690 e. The van der Waals surface area contributed by atoms with Crippen LogP contribution in [0.4, 0.5) is 0 Å². The topological polar surface area (TPSA) is 32.3 Å². The fraction of sp³-hybridized carbons (Fsp3) is 1.00. The lowest BCUT2D eigenvalue weighted by Crippen LogP contribution is -2.49. The van der Waals surface area contributed by atoms with Gasteiger partial charge >= 0.3 is 0 Å². The minimum Gasteiger partial charge on any atom is -0.392 e. The second-order valence-corrected chi connectivity index (χ2v) is 3.94. The molecule has 0 saturated heterocycles. The molecule has 0 aromatic heterocycles. The molecule has 0 rings (SSSR count). The zero-order valence-corrected chi connectivity index (χ0v) is 8.31. The Kier molecular flexibility index (Phi) is 4.04. The molecule has 0 heterocycles. The van der Waals surface area contributed by atoms with Gasteiger partial charge in [-0.25, -0.2) is 0 Å². The number of aliphatic hydroxyl groups excluding tert-OH is 1. The Morgan fingerprint density at radius 1 is 1.36 bits per heavy atom. The molecule has 0 aliphatic heterocycles. The van der Waals surface area contributed by atoms with Gasteiger partial charge in [-0.05, 0) is 33.2 Å². The van der Waals surface area contributed by atoms with Gasteiger partial charge in [-0.15, -0.1) is 0 Å². The van der Waals surface area contributed by atoms with Crippen LogP contribution in [0, 0.1) is 5.92 Å². The zero-order valence-electron chi connectivity index (χ0n) is 8.31. The van der Waals surface area contributed by atoms with Gasteiger partial charge in [0.15, 0.2) is 0 Å². The average molecular weight is 159 g/mol. The summed E-state index contributed by atoms with van der Waals surface area (Å²) in [5.41, 5.74) is -0.131. The minimum absolute atomic E-state index is 0.131. The van der Waals surface area contributed by atoms with Crippen LogP contribution in [-0.4, -0.2) is 23.8 Å². The Bertz CT molecular complexity index is 112. The van der Waals surface area contributed by atoms with Gasteiger partial charge in [0.25, 0.3) is 0 Å². The van der Waals surface area contributed by atoms with E-state index in [9.17, 15) is 5.11 Å². The van der Waals surface area contributed by atoms with Crippen LogP contribution >= 0.6 is 0 Å². The molecule has 0 fully saturated rings. The molecule has 0 aromatic rings. The van der Waals surface area contributed by atoms with Crippen molar-refractivity contribution in [1.82, 2.24) is 5.32 Å². The fourth-order valence-electron chi connectivity index (χ4n) is 1.33. The summed E-state index contributed by atoms with van der Waals surface area (Å²) in [6, 6.07) is 0. The molecule has 0 aliphatic carbocycles. The normalized spacial score (nSPS) is 19.9. The molecule has 2 heteroatoms. The van der Waals surface area contributed by atoms with Crippen molar-refractivity contribution in [2.75, 3.05) is 7.05 Å². The molecule has 0 saturated carbocycles. The van der Waals surface area contributed by atoms with E-state index in [4.69, 9.17) is 0 Å². The highest BCUT2D eigenvalue weighted by molar-refractivity contribution is 4.87. The molecule has 0 amide bonds. The minimum atomic E-state index is -0.296. The first-order chi connectivity index (χ1) is 4.92.